The van der Waals surface area contributed by atoms with E-state index in [1.165, 1.54) is 33.8 Å². The molecule has 2 aromatic carbocycles. The Balaban J connectivity index is 1.64. The van der Waals surface area contributed by atoms with E-state index in [9.17, 15) is 0 Å². The van der Waals surface area contributed by atoms with Crippen LogP contribution in [0.4, 0.5) is 5.69 Å². The fourth-order valence-electron chi connectivity index (χ4n) is 5.47. The standard InChI is InChI=1S/C31H34N4OS/c1-19(2)36-26-12-10-24(11-13-26)35-30(29(33-31(35)37)28-9-7-8-14-32-28)27-18-22(5)34(23(27)6)25-16-20(3)15-21(4)17-25/h7-19,29-30H,1-6H3,(H,33,37)/t29-,30-/m1/s1. The molecule has 4 aromatic rings. The summed E-state index contributed by atoms with van der Waals surface area (Å²) in [6.45, 7) is 12.7. The molecule has 0 aliphatic carbocycles. The van der Waals surface area contributed by atoms with Crippen molar-refractivity contribution in [2.24, 2.45) is 0 Å². The highest BCUT2D eigenvalue weighted by molar-refractivity contribution is 7.80. The largest absolute Gasteiger partial charge is 0.491 e. The lowest BCUT2D eigenvalue weighted by atomic mass is 9.96. The SMILES string of the molecule is Cc1cc(C)cc(-n2c(C)cc([C@@H]3[C@@H](c4ccccn4)NC(=S)N3c3ccc(OC(C)C)cc3)c2C)c1. The van der Waals surface area contributed by atoms with Gasteiger partial charge in [0, 0.05) is 29.0 Å². The van der Waals surface area contributed by atoms with E-state index in [0.717, 1.165) is 17.1 Å². The van der Waals surface area contributed by atoms with Crippen molar-refractivity contribution in [3.05, 3.63) is 107 Å². The van der Waals surface area contributed by atoms with Crippen molar-refractivity contribution < 1.29 is 4.74 Å². The highest BCUT2D eigenvalue weighted by Crippen LogP contribution is 2.44. The molecule has 37 heavy (non-hydrogen) atoms. The molecular weight excluding hydrogens is 476 g/mol. The summed E-state index contributed by atoms with van der Waals surface area (Å²) in [6, 6.07) is 23.1. The van der Waals surface area contributed by atoms with Gasteiger partial charge in [-0.15, -0.1) is 0 Å². The molecule has 2 atom stereocenters. The minimum absolute atomic E-state index is 0.0647. The van der Waals surface area contributed by atoms with Crippen molar-refractivity contribution in [3.63, 3.8) is 0 Å². The van der Waals surface area contributed by atoms with Crippen LogP contribution >= 0.6 is 12.2 Å². The molecule has 3 heterocycles. The van der Waals surface area contributed by atoms with Crippen LogP contribution in [0.15, 0.2) is 72.9 Å². The summed E-state index contributed by atoms with van der Waals surface area (Å²) in [7, 11) is 0. The van der Waals surface area contributed by atoms with Crippen LogP contribution in [0.2, 0.25) is 0 Å². The number of pyridine rings is 1. The number of rotatable bonds is 6. The van der Waals surface area contributed by atoms with Crippen LogP contribution in [0.3, 0.4) is 0 Å². The average molecular weight is 511 g/mol. The summed E-state index contributed by atoms with van der Waals surface area (Å²) in [4.78, 5) is 6.93. The van der Waals surface area contributed by atoms with Crippen molar-refractivity contribution in [2.75, 3.05) is 4.90 Å². The zero-order chi connectivity index (χ0) is 26.3. The van der Waals surface area contributed by atoms with Crippen LogP contribution in [-0.4, -0.2) is 20.8 Å². The molecule has 0 spiro atoms. The van der Waals surface area contributed by atoms with Crippen LogP contribution in [0, 0.1) is 27.7 Å². The van der Waals surface area contributed by atoms with Crippen molar-refractivity contribution >= 4 is 23.0 Å². The number of nitrogens with one attached hydrogen (secondary N) is 1. The number of hydrogen-bond donors (Lipinski definition) is 1. The van der Waals surface area contributed by atoms with Gasteiger partial charge in [-0.2, -0.15) is 0 Å². The number of benzene rings is 2. The summed E-state index contributed by atoms with van der Waals surface area (Å²) in [6.07, 6.45) is 1.97. The maximum absolute atomic E-state index is 5.94. The van der Waals surface area contributed by atoms with Crippen molar-refractivity contribution in [1.29, 1.82) is 0 Å². The van der Waals surface area contributed by atoms with E-state index in [2.05, 4.69) is 84.9 Å². The van der Waals surface area contributed by atoms with Gasteiger partial charge in [0.15, 0.2) is 5.11 Å². The Labute approximate surface area is 225 Å². The van der Waals surface area contributed by atoms with Gasteiger partial charge in [-0.05, 0) is 125 Å². The van der Waals surface area contributed by atoms with Gasteiger partial charge in [0.2, 0.25) is 0 Å². The topological polar surface area (TPSA) is 42.3 Å². The molecule has 1 N–H and O–H groups in total. The Kier molecular flexibility index (Phi) is 6.78. The van der Waals surface area contributed by atoms with Gasteiger partial charge in [-0.3, -0.25) is 4.98 Å². The van der Waals surface area contributed by atoms with Crippen molar-refractivity contribution in [3.8, 4) is 11.4 Å². The normalized spacial score (nSPS) is 17.4. The van der Waals surface area contributed by atoms with Gasteiger partial charge >= 0.3 is 0 Å². The zero-order valence-electron chi connectivity index (χ0n) is 22.3. The van der Waals surface area contributed by atoms with Gasteiger partial charge in [-0.1, -0.05) is 12.1 Å². The van der Waals surface area contributed by atoms with E-state index < -0.39 is 0 Å². The van der Waals surface area contributed by atoms with Gasteiger partial charge in [0.05, 0.1) is 23.9 Å². The third-order valence-corrected chi connectivity index (χ3v) is 7.15. The lowest BCUT2D eigenvalue weighted by Crippen LogP contribution is -2.29. The van der Waals surface area contributed by atoms with Crippen LogP contribution in [0.5, 0.6) is 5.75 Å². The number of nitrogens with zero attached hydrogens (tertiary/aromatic N) is 3. The monoisotopic (exact) mass is 510 g/mol. The van der Waals surface area contributed by atoms with Gasteiger partial charge in [0.1, 0.15) is 5.75 Å². The first kappa shape index (κ1) is 25.0. The summed E-state index contributed by atoms with van der Waals surface area (Å²) in [5.41, 5.74) is 9.29. The molecule has 0 bridgehead atoms. The van der Waals surface area contributed by atoms with Crippen LogP contribution in [0.1, 0.15) is 59.7 Å². The molecule has 6 heteroatoms. The van der Waals surface area contributed by atoms with Gasteiger partial charge in [0.25, 0.3) is 0 Å². The maximum atomic E-state index is 5.94. The molecule has 0 amide bonds. The molecule has 1 fully saturated rings. The molecule has 5 rings (SSSR count). The van der Waals surface area contributed by atoms with E-state index >= 15 is 0 Å². The molecule has 1 aliphatic heterocycles. The third-order valence-electron chi connectivity index (χ3n) is 6.84. The number of aryl methyl sites for hydroxylation is 3. The van der Waals surface area contributed by atoms with Gasteiger partial charge in [-0.25, -0.2) is 0 Å². The second-order valence-electron chi connectivity index (χ2n) is 10.2. The number of hydrogen-bond acceptors (Lipinski definition) is 3. The fraction of sp³-hybridized carbons (Fsp3) is 0.290. The predicted octanol–water partition coefficient (Wildman–Crippen LogP) is 7.07. The molecule has 2 aromatic heterocycles. The van der Waals surface area contributed by atoms with Crippen LogP contribution in [0.25, 0.3) is 5.69 Å². The highest BCUT2D eigenvalue weighted by Gasteiger charge is 2.42. The predicted molar refractivity (Wildman–Crippen MR) is 155 cm³/mol. The van der Waals surface area contributed by atoms with Gasteiger partial charge < -0.3 is 19.5 Å². The average Bonchev–Trinajstić information content (AvgIpc) is 3.34. The van der Waals surface area contributed by atoms with Crippen molar-refractivity contribution in [1.82, 2.24) is 14.9 Å². The molecule has 0 saturated carbocycles. The van der Waals surface area contributed by atoms with E-state index in [1.54, 1.807) is 0 Å². The first-order valence-corrected chi connectivity index (χ1v) is 13.2. The van der Waals surface area contributed by atoms with E-state index in [1.807, 2.05) is 44.3 Å². The molecule has 190 valence electrons. The summed E-state index contributed by atoms with van der Waals surface area (Å²) in [5.74, 6) is 0.850. The number of ether oxygens (including phenoxy) is 1. The maximum Gasteiger partial charge on any atom is 0.174 e. The second-order valence-corrected chi connectivity index (χ2v) is 10.6. The van der Waals surface area contributed by atoms with Crippen LogP contribution in [-0.2, 0) is 0 Å². The highest BCUT2D eigenvalue weighted by atomic mass is 32.1. The molecule has 1 saturated heterocycles. The Morgan fingerprint density at radius 2 is 1.59 bits per heavy atom. The molecule has 5 nitrogen and oxygen atoms in total. The molecular formula is C31H34N4OS. The first-order valence-electron chi connectivity index (χ1n) is 12.8. The Hall–Kier alpha value is -3.64. The summed E-state index contributed by atoms with van der Waals surface area (Å²) < 4.78 is 8.24. The van der Waals surface area contributed by atoms with E-state index in [4.69, 9.17) is 21.9 Å². The first-order chi connectivity index (χ1) is 17.7. The van der Waals surface area contributed by atoms with Crippen LogP contribution < -0.4 is 15.0 Å². The quantitative estimate of drug-likeness (QED) is 0.281. The van der Waals surface area contributed by atoms with Crippen molar-refractivity contribution in [2.45, 2.75) is 59.7 Å². The fourth-order valence-corrected chi connectivity index (χ4v) is 5.82. The number of thiocarbonyl (C=S) groups is 1. The smallest absolute Gasteiger partial charge is 0.174 e. The van der Waals surface area contributed by atoms with E-state index in [-0.39, 0.29) is 18.2 Å². The zero-order valence-corrected chi connectivity index (χ0v) is 23.1. The Bertz CT molecular complexity index is 1410. The molecule has 0 radical (unpaired) electrons. The summed E-state index contributed by atoms with van der Waals surface area (Å²) in [5, 5.41) is 4.27. The molecule has 0 unspecified atom stereocenters. The number of aromatic nitrogens is 2. The van der Waals surface area contributed by atoms with E-state index in [0.29, 0.717) is 5.11 Å². The molecule has 1 aliphatic rings. The lowest BCUT2D eigenvalue weighted by molar-refractivity contribution is 0.242. The minimum Gasteiger partial charge on any atom is -0.491 e. The Morgan fingerprint density at radius 3 is 2.22 bits per heavy atom. The summed E-state index contributed by atoms with van der Waals surface area (Å²) >= 11 is 5.94. The lowest BCUT2D eigenvalue weighted by Gasteiger charge is -2.28. The third kappa shape index (κ3) is 4.86. The minimum atomic E-state index is -0.0894. The second kappa shape index (κ2) is 10.0. The number of anilines is 1. The Morgan fingerprint density at radius 1 is 0.892 bits per heavy atom.